The van der Waals surface area contributed by atoms with Gasteiger partial charge in [0, 0.05) is 24.2 Å². The lowest BCUT2D eigenvalue weighted by Gasteiger charge is -2.53. The number of amides is 1. The lowest BCUT2D eigenvalue weighted by atomic mass is 9.79. The number of nitrogens with one attached hydrogen (secondary N) is 1. The number of benzene rings is 1. The highest BCUT2D eigenvalue weighted by molar-refractivity contribution is 7.50. The summed E-state index contributed by atoms with van der Waals surface area (Å²) in [4.78, 5) is 51.5. The Hall–Kier alpha value is -2.06. The van der Waals surface area contributed by atoms with Gasteiger partial charge in [0.1, 0.15) is 0 Å². The van der Waals surface area contributed by atoms with Crippen LogP contribution in [0.4, 0.5) is 0 Å². The van der Waals surface area contributed by atoms with Gasteiger partial charge in [-0.15, -0.1) is 0 Å². The van der Waals surface area contributed by atoms with E-state index >= 15 is 0 Å². The zero-order chi connectivity index (χ0) is 24.6. The summed E-state index contributed by atoms with van der Waals surface area (Å²) in [6, 6.07) is 8.53. The minimum Gasteiger partial charge on any atom is -0.308 e. The molecule has 1 aromatic heterocycles. The number of aromatic nitrogens is 2. The largest absolute Gasteiger partial charge is 0.430 e. The quantitative estimate of drug-likeness (QED) is 0.542. The normalized spacial score (nSPS) is 26.7. The van der Waals surface area contributed by atoms with Crippen molar-refractivity contribution in [3.8, 4) is 0 Å². The Labute approximate surface area is 205 Å². The average molecular weight is 503 g/mol. The number of fused-ring (bicyclic) bond motifs is 3. The molecule has 1 saturated carbocycles. The number of carbonyl (C=O) groups excluding carboxylic acids is 1. The van der Waals surface area contributed by atoms with Crippen molar-refractivity contribution in [2.24, 2.45) is 0 Å². The summed E-state index contributed by atoms with van der Waals surface area (Å²) in [5.74, 6) is -1.14. The van der Waals surface area contributed by atoms with Crippen LogP contribution in [0.15, 0.2) is 29.1 Å². The van der Waals surface area contributed by atoms with Crippen molar-refractivity contribution in [3.05, 3.63) is 40.3 Å². The molecule has 0 radical (unpaired) electrons. The molecule has 190 valence electrons. The monoisotopic (exact) mass is 502 g/mol. The van der Waals surface area contributed by atoms with Crippen LogP contribution >= 0.6 is 7.75 Å². The van der Waals surface area contributed by atoms with Gasteiger partial charge in [-0.1, -0.05) is 50.7 Å². The molecule has 1 amide bonds. The summed E-state index contributed by atoms with van der Waals surface area (Å²) in [5.41, 5.74) is 0.0695. The molecule has 0 spiro atoms. The van der Waals surface area contributed by atoms with Crippen molar-refractivity contribution in [1.82, 2.24) is 19.5 Å². The fourth-order valence-corrected chi connectivity index (χ4v) is 7.15. The van der Waals surface area contributed by atoms with Crippen molar-refractivity contribution in [2.75, 3.05) is 0 Å². The Balaban J connectivity index is 1.50. The number of rotatable bonds is 4. The molecule has 5 rings (SSSR count). The fraction of sp³-hybridized carbons (Fsp3) is 0.640. The standard InChI is InChI=1S/C25H35N4O5P/c30-24(27-35(32,33)34)23-25(31)29(22-14-7-6-13-21(22)26-23)20-15-18-11-8-12-19(16-20)28(18)17-9-4-2-1-3-5-10-17/h6-7,13-14,17-20H,1-5,8-12,15-16H2,(H3,27,30,32,33,34)/t18-,19-/m0/s1. The molecule has 2 aromatic rings. The van der Waals surface area contributed by atoms with Crippen molar-refractivity contribution in [2.45, 2.75) is 101 Å². The summed E-state index contributed by atoms with van der Waals surface area (Å²) in [6.07, 6.45) is 14.2. The SMILES string of the molecule is O=C(NP(=O)(O)O)c1nc2ccccc2n(C2C[C@@H]3CCC[C@@H](C2)N3C2CCCCCCC2)c1=O. The molecule has 35 heavy (non-hydrogen) atoms. The van der Waals surface area contributed by atoms with Crippen LogP contribution in [-0.2, 0) is 4.57 Å². The van der Waals surface area contributed by atoms with Gasteiger partial charge in [-0.3, -0.25) is 19.6 Å². The number of carbonyl (C=O) groups is 1. The van der Waals surface area contributed by atoms with E-state index in [9.17, 15) is 23.9 Å². The lowest BCUT2D eigenvalue weighted by Crippen LogP contribution is -2.57. The minimum absolute atomic E-state index is 0.0860. The third kappa shape index (κ3) is 5.24. The van der Waals surface area contributed by atoms with Crippen LogP contribution in [0.1, 0.15) is 93.6 Å². The van der Waals surface area contributed by atoms with E-state index in [2.05, 4.69) is 9.88 Å². The molecule has 3 aliphatic rings. The Morgan fingerprint density at radius 1 is 0.886 bits per heavy atom. The van der Waals surface area contributed by atoms with E-state index in [0.717, 1.165) is 25.7 Å². The van der Waals surface area contributed by atoms with Gasteiger partial charge in [0.05, 0.1) is 11.0 Å². The molecule has 2 aliphatic heterocycles. The molecule has 3 fully saturated rings. The number of para-hydroxylation sites is 2. The zero-order valence-electron chi connectivity index (χ0n) is 20.0. The van der Waals surface area contributed by atoms with Crippen LogP contribution in [-0.4, -0.2) is 48.3 Å². The van der Waals surface area contributed by atoms with E-state index in [1.807, 2.05) is 12.1 Å². The predicted molar refractivity (Wildman–Crippen MR) is 133 cm³/mol. The molecule has 10 heteroatoms. The van der Waals surface area contributed by atoms with Crippen molar-refractivity contribution in [1.29, 1.82) is 0 Å². The molecule has 0 unspecified atom stereocenters. The first kappa shape index (κ1) is 24.6. The number of piperidine rings is 2. The molecule has 2 bridgehead atoms. The minimum atomic E-state index is -4.86. The van der Waals surface area contributed by atoms with Gasteiger partial charge in [-0.05, 0) is 50.7 Å². The molecule has 3 N–H and O–H groups in total. The fourth-order valence-electron chi connectivity index (χ4n) is 6.78. The molecule has 3 heterocycles. The van der Waals surface area contributed by atoms with E-state index in [0.29, 0.717) is 29.2 Å². The highest BCUT2D eigenvalue weighted by Crippen LogP contribution is 2.42. The van der Waals surface area contributed by atoms with Crippen LogP contribution in [0.2, 0.25) is 0 Å². The Bertz CT molecular complexity index is 1170. The number of hydrogen-bond donors (Lipinski definition) is 3. The van der Waals surface area contributed by atoms with Gasteiger partial charge in [-0.25, -0.2) is 9.55 Å². The van der Waals surface area contributed by atoms with Gasteiger partial charge in [0.2, 0.25) is 0 Å². The van der Waals surface area contributed by atoms with Gasteiger partial charge >= 0.3 is 7.75 Å². The smallest absolute Gasteiger partial charge is 0.308 e. The maximum absolute atomic E-state index is 13.6. The Morgan fingerprint density at radius 3 is 2.14 bits per heavy atom. The molecule has 2 atom stereocenters. The van der Waals surface area contributed by atoms with Crippen LogP contribution in [0.5, 0.6) is 0 Å². The topological polar surface area (TPSA) is 125 Å². The second-order valence-corrected chi connectivity index (χ2v) is 11.7. The Morgan fingerprint density at radius 2 is 1.49 bits per heavy atom. The number of nitrogens with zero attached hydrogens (tertiary/aromatic N) is 3. The molecule has 1 aliphatic carbocycles. The van der Waals surface area contributed by atoms with E-state index in [-0.39, 0.29) is 6.04 Å². The van der Waals surface area contributed by atoms with Crippen molar-refractivity contribution in [3.63, 3.8) is 0 Å². The van der Waals surface area contributed by atoms with Crippen LogP contribution in [0.3, 0.4) is 0 Å². The van der Waals surface area contributed by atoms with Gasteiger partial charge < -0.3 is 14.4 Å². The molecule has 2 saturated heterocycles. The summed E-state index contributed by atoms with van der Waals surface area (Å²) in [7, 11) is -4.86. The van der Waals surface area contributed by atoms with Gasteiger partial charge in [-0.2, -0.15) is 0 Å². The summed E-state index contributed by atoms with van der Waals surface area (Å²) in [6.45, 7) is 0. The van der Waals surface area contributed by atoms with Crippen LogP contribution < -0.4 is 10.6 Å². The van der Waals surface area contributed by atoms with E-state index in [1.54, 1.807) is 21.8 Å². The average Bonchev–Trinajstić information content (AvgIpc) is 2.77. The summed E-state index contributed by atoms with van der Waals surface area (Å²) in [5, 5.41) is 1.62. The molecule has 1 aromatic carbocycles. The summed E-state index contributed by atoms with van der Waals surface area (Å²) >= 11 is 0. The first-order valence-corrected chi connectivity index (χ1v) is 14.6. The first-order chi connectivity index (χ1) is 16.8. The molecule has 9 nitrogen and oxygen atoms in total. The predicted octanol–water partition coefficient (Wildman–Crippen LogP) is 3.89. The Kier molecular flexibility index (Phi) is 7.13. The maximum atomic E-state index is 13.6. The zero-order valence-corrected chi connectivity index (χ0v) is 20.9. The lowest BCUT2D eigenvalue weighted by molar-refractivity contribution is -0.0247. The number of hydrogen-bond acceptors (Lipinski definition) is 5. The third-order valence-corrected chi connectivity index (χ3v) is 8.62. The summed E-state index contributed by atoms with van der Waals surface area (Å²) < 4.78 is 13.0. The highest BCUT2D eigenvalue weighted by Gasteiger charge is 2.42. The van der Waals surface area contributed by atoms with E-state index in [1.165, 1.54) is 51.4 Å². The first-order valence-electron chi connectivity index (χ1n) is 13.0. The third-order valence-electron chi connectivity index (χ3n) is 8.12. The second-order valence-electron chi connectivity index (χ2n) is 10.4. The maximum Gasteiger partial charge on any atom is 0.430 e. The van der Waals surface area contributed by atoms with Crippen molar-refractivity contribution >= 4 is 24.7 Å². The molecular weight excluding hydrogens is 467 g/mol. The van der Waals surface area contributed by atoms with Gasteiger partial charge in [0.25, 0.3) is 11.5 Å². The molecular formula is C25H35N4O5P. The van der Waals surface area contributed by atoms with Crippen LogP contribution in [0.25, 0.3) is 11.0 Å². The van der Waals surface area contributed by atoms with E-state index < -0.39 is 24.9 Å². The van der Waals surface area contributed by atoms with Crippen molar-refractivity contribution < 1.29 is 19.1 Å². The van der Waals surface area contributed by atoms with Crippen LogP contribution in [0, 0.1) is 0 Å². The second kappa shape index (κ2) is 10.1. The van der Waals surface area contributed by atoms with E-state index in [4.69, 9.17) is 0 Å². The van der Waals surface area contributed by atoms with Gasteiger partial charge in [0.15, 0.2) is 5.69 Å². The highest BCUT2D eigenvalue weighted by atomic mass is 31.2.